The van der Waals surface area contributed by atoms with Gasteiger partial charge in [-0.15, -0.1) is 0 Å². The summed E-state index contributed by atoms with van der Waals surface area (Å²) in [6.45, 7) is -0.760. The predicted octanol–water partition coefficient (Wildman–Crippen LogP) is -4.30. The fourth-order valence-corrected chi connectivity index (χ4v) is 0.618. The first-order valence-corrected chi connectivity index (χ1v) is 3.33. The van der Waals surface area contributed by atoms with E-state index in [4.69, 9.17) is 25.5 Å². The zero-order chi connectivity index (χ0) is 9.72. The standard InChI is InChI=1S/C6H12O6.Ca.Zn.2H/c7-1-3(9)5(11)6(12)4(10)2-8;;;;/h1,3-6,8-12H,2H2;;;;/t3-,4+,5+,6+;;;;/m0..../s1. The summed E-state index contributed by atoms with van der Waals surface area (Å²) in [5.74, 6) is 0. The third kappa shape index (κ3) is 6.77. The van der Waals surface area contributed by atoms with Crippen molar-refractivity contribution in [3.8, 4) is 0 Å². The van der Waals surface area contributed by atoms with E-state index in [1.807, 2.05) is 0 Å². The molecule has 0 spiro atoms. The maximum atomic E-state index is 9.90. The first-order chi connectivity index (χ1) is 5.54. The minimum atomic E-state index is -1.79. The zero-order valence-electron chi connectivity index (χ0n) is 6.95. The Kier molecular flexibility index (Phi) is 16.1. The van der Waals surface area contributed by atoms with Crippen LogP contribution < -0.4 is 0 Å². The van der Waals surface area contributed by atoms with Gasteiger partial charge < -0.3 is 30.3 Å². The molecule has 0 radical (unpaired) electrons. The molecule has 14 heavy (non-hydrogen) atoms. The molecule has 8 heteroatoms. The van der Waals surface area contributed by atoms with Crippen LogP contribution in [0, 0.1) is 0 Å². The maximum Gasteiger partial charge on any atom is 0 e. The van der Waals surface area contributed by atoms with Crippen molar-refractivity contribution in [1.82, 2.24) is 0 Å². The summed E-state index contributed by atoms with van der Waals surface area (Å²) < 4.78 is 0. The Morgan fingerprint density at radius 3 is 1.79 bits per heavy atom. The second kappa shape index (κ2) is 10.9. The first-order valence-electron chi connectivity index (χ1n) is 3.33. The number of aldehydes is 1. The maximum absolute atomic E-state index is 9.90. The number of hydrogen-bond donors (Lipinski definition) is 5. The van der Waals surface area contributed by atoms with Crippen LogP contribution in [0.5, 0.6) is 0 Å². The molecule has 0 aliphatic heterocycles. The molecule has 6 nitrogen and oxygen atoms in total. The van der Waals surface area contributed by atoms with E-state index in [9.17, 15) is 4.79 Å². The molecule has 78 valence electrons. The molecule has 0 rings (SSSR count). The molecule has 0 bridgehead atoms. The molecule has 0 aromatic carbocycles. The van der Waals surface area contributed by atoms with Crippen LogP contribution in [0.1, 0.15) is 0 Å². The molecule has 0 saturated heterocycles. The molecule has 0 aromatic heterocycles. The van der Waals surface area contributed by atoms with Gasteiger partial charge in [-0.05, 0) is 0 Å². The number of carbonyl (C=O) groups is 1. The molecule has 0 unspecified atom stereocenters. The normalized spacial score (nSPS) is 18.1. The van der Waals surface area contributed by atoms with E-state index in [1.165, 1.54) is 0 Å². The molecule has 0 fully saturated rings. The zero-order valence-corrected chi connectivity index (χ0v) is 9.91. The Balaban J connectivity index is -0.000000605. The molecule has 0 heterocycles. The second-order valence-corrected chi connectivity index (χ2v) is 2.36. The summed E-state index contributed by atoms with van der Waals surface area (Å²) in [5, 5.41) is 43.5. The van der Waals surface area contributed by atoms with Gasteiger partial charge in [0.2, 0.25) is 0 Å². The molecule has 4 atom stereocenters. The van der Waals surface area contributed by atoms with Gasteiger partial charge in [0.05, 0.1) is 6.61 Å². The second-order valence-electron chi connectivity index (χ2n) is 2.36. The van der Waals surface area contributed by atoms with Gasteiger partial charge >= 0.3 is 37.7 Å². The van der Waals surface area contributed by atoms with Crippen LogP contribution >= 0.6 is 0 Å². The molecule has 0 aromatic rings. The molecular formula is C6H14CaO6Zn. The van der Waals surface area contributed by atoms with Crippen molar-refractivity contribution in [2.75, 3.05) is 6.61 Å². The first kappa shape index (κ1) is 20.7. The fourth-order valence-electron chi connectivity index (χ4n) is 0.618. The monoisotopic (exact) mass is 286 g/mol. The molecule has 0 saturated carbocycles. The van der Waals surface area contributed by atoms with Crippen molar-refractivity contribution < 1.29 is 49.8 Å². The summed E-state index contributed by atoms with van der Waals surface area (Å²) in [6, 6.07) is 0. The van der Waals surface area contributed by atoms with Crippen molar-refractivity contribution in [2.24, 2.45) is 0 Å². The van der Waals surface area contributed by atoms with Crippen LogP contribution in [-0.4, -0.2) is 101 Å². The number of hydrogen-bond acceptors (Lipinski definition) is 6. The quantitative estimate of drug-likeness (QED) is 0.258. The van der Waals surface area contributed by atoms with Crippen molar-refractivity contribution in [2.45, 2.75) is 24.4 Å². The van der Waals surface area contributed by atoms with E-state index in [0.29, 0.717) is 0 Å². The minimum Gasteiger partial charge on any atom is 0 e. The van der Waals surface area contributed by atoms with Gasteiger partial charge in [-0.1, -0.05) is 0 Å². The van der Waals surface area contributed by atoms with Gasteiger partial charge in [0, 0.05) is 19.5 Å². The summed E-state index contributed by atoms with van der Waals surface area (Å²) >= 11 is 0. The van der Waals surface area contributed by atoms with E-state index in [2.05, 4.69) is 0 Å². The van der Waals surface area contributed by atoms with E-state index < -0.39 is 31.0 Å². The predicted molar refractivity (Wildman–Crippen MR) is 45.7 cm³/mol. The summed E-state index contributed by atoms with van der Waals surface area (Å²) in [4.78, 5) is 9.90. The van der Waals surface area contributed by atoms with Crippen LogP contribution in [0.4, 0.5) is 0 Å². The van der Waals surface area contributed by atoms with Gasteiger partial charge in [0.25, 0.3) is 0 Å². The fraction of sp³-hybridized carbons (Fsp3) is 0.833. The van der Waals surface area contributed by atoms with Gasteiger partial charge in [0.1, 0.15) is 24.4 Å². The van der Waals surface area contributed by atoms with Crippen molar-refractivity contribution in [3.63, 3.8) is 0 Å². The average Bonchev–Trinajstić information content (AvgIpc) is 2.12. The van der Waals surface area contributed by atoms with Crippen molar-refractivity contribution in [3.05, 3.63) is 0 Å². The van der Waals surface area contributed by atoms with E-state index in [1.54, 1.807) is 0 Å². The van der Waals surface area contributed by atoms with Crippen LogP contribution in [0.15, 0.2) is 0 Å². The number of carbonyl (C=O) groups excluding carboxylic acids is 1. The van der Waals surface area contributed by atoms with E-state index in [-0.39, 0.29) is 63.5 Å². The van der Waals surface area contributed by atoms with Crippen LogP contribution in [0.3, 0.4) is 0 Å². The Labute approximate surface area is 124 Å². The topological polar surface area (TPSA) is 118 Å². The number of rotatable bonds is 5. The molecule has 5 N–H and O–H groups in total. The van der Waals surface area contributed by atoms with Crippen molar-refractivity contribution in [1.29, 1.82) is 0 Å². The average molecular weight is 288 g/mol. The number of aliphatic hydroxyl groups is 5. The van der Waals surface area contributed by atoms with Crippen LogP contribution in [0.25, 0.3) is 0 Å². The molecule has 0 aliphatic rings. The van der Waals surface area contributed by atoms with Gasteiger partial charge in [-0.3, -0.25) is 0 Å². The van der Waals surface area contributed by atoms with E-state index in [0.717, 1.165) is 0 Å². The van der Waals surface area contributed by atoms with Gasteiger partial charge in [-0.25, -0.2) is 0 Å². The summed E-state index contributed by atoms with van der Waals surface area (Å²) in [5.41, 5.74) is 0. The Hall–Kier alpha value is 1.35. The molecule has 0 aliphatic carbocycles. The summed E-state index contributed by atoms with van der Waals surface area (Å²) in [6.07, 6.45) is -6.84. The SMILES string of the molecule is O=C[C@H](O)[C@@H](O)[C@H](O)[C@H](O)CO.[CaH2].[Zn]. The summed E-state index contributed by atoms with van der Waals surface area (Å²) in [7, 11) is 0. The largest absolute Gasteiger partial charge is 0 e. The molecule has 0 amide bonds. The third-order valence-corrected chi connectivity index (χ3v) is 1.42. The van der Waals surface area contributed by atoms with E-state index >= 15 is 0 Å². The minimum absolute atomic E-state index is 0. The van der Waals surface area contributed by atoms with Gasteiger partial charge in [-0.2, -0.15) is 0 Å². The molecular weight excluding hydrogens is 274 g/mol. The third-order valence-electron chi connectivity index (χ3n) is 1.42. The van der Waals surface area contributed by atoms with Crippen molar-refractivity contribution >= 4 is 44.0 Å². The smallest absolute Gasteiger partial charge is 0 e. The Morgan fingerprint density at radius 1 is 1.07 bits per heavy atom. The Morgan fingerprint density at radius 2 is 1.50 bits per heavy atom. The van der Waals surface area contributed by atoms with Crippen LogP contribution in [0.2, 0.25) is 0 Å². The van der Waals surface area contributed by atoms with Crippen LogP contribution in [-0.2, 0) is 24.3 Å². The Bertz CT molecular complexity index is 148. The van der Waals surface area contributed by atoms with Gasteiger partial charge in [0.15, 0.2) is 6.29 Å². The number of aliphatic hydroxyl groups excluding tert-OH is 5.